The minimum absolute atomic E-state index is 0.0512. The number of fused-ring (bicyclic) bond motifs is 1. The number of hydrogen-bond donors (Lipinski definition) is 2. The standard InChI is InChI=1S/C25H29ClFN3O3S2/c1-33-16-3-5-21-17(12-16)24(19(26)13-29-21)20(28)4-2-15-8-9-30(14-18(15)25(31)32)10-11-34-23-7-6-22(27)35-23/h3,5-7,12-13,15,18,20H,2,4,8-11,14,28H2,1H3,(H,31,32). The molecule has 0 spiro atoms. The van der Waals surface area contributed by atoms with Crippen molar-refractivity contribution in [2.45, 2.75) is 29.5 Å². The lowest BCUT2D eigenvalue weighted by Gasteiger charge is -2.37. The van der Waals surface area contributed by atoms with Crippen molar-refractivity contribution in [3.05, 3.63) is 52.2 Å². The second kappa shape index (κ2) is 11.9. The summed E-state index contributed by atoms with van der Waals surface area (Å²) in [4.78, 5) is 18.7. The van der Waals surface area contributed by atoms with Crippen molar-refractivity contribution < 1.29 is 19.0 Å². The highest BCUT2D eigenvalue weighted by atomic mass is 35.5. The van der Waals surface area contributed by atoms with Gasteiger partial charge in [-0.15, -0.1) is 11.8 Å². The van der Waals surface area contributed by atoms with Gasteiger partial charge < -0.3 is 20.5 Å². The maximum atomic E-state index is 13.2. The summed E-state index contributed by atoms with van der Waals surface area (Å²) in [6.07, 6.45) is 3.76. The zero-order valence-corrected chi connectivity index (χ0v) is 21.8. The Kier molecular flexibility index (Phi) is 8.88. The molecule has 3 aromatic rings. The van der Waals surface area contributed by atoms with Crippen LogP contribution in [0.5, 0.6) is 5.75 Å². The van der Waals surface area contributed by atoms with Gasteiger partial charge in [0.2, 0.25) is 0 Å². The fourth-order valence-corrected chi connectivity index (χ4v) is 6.95. The van der Waals surface area contributed by atoms with Gasteiger partial charge in [-0.1, -0.05) is 22.9 Å². The first-order valence-electron chi connectivity index (χ1n) is 11.6. The number of benzene rings is 1. The lowest BCUT2D eigenvalue weighted by Crippen LogP contribution is -2.44. The van der Waals surface area contributed by atoms with Gasteiger partial charge in [0.1, 0.15) is 5.75 Å². The van der Waals surface area contributed by atoms with Crippen LogP contribution in [0.2, 0.25) is 5.02 Å². The Hall–Kier alpha value is -1.91. The van der Waals surface area contributed by atoms with Crippen LogP contribution in [0.3, 0.4) is 0 Å². The Morgan fingerprint density at radius 3 is 2.97 bits per heavy atom. The summed E-state index contributed by atoms with van der Waals surface area (Å²) < 4.78 is 19.5. The largest absolute Gasteiger partial charge is 0.497 e. The number of pyridine rings is 1. The van der Waals surface area contributed by atoms with Gasteiger partial charge in [0.25, 0.3) is 0 Å². The summed E-state index contributed by atoms with van der Waals surface area (Å²) in [5.74, 6) is 0.355. The first-order chi connectivity index (χ1) is 16.9. The number of hydrogen-bond acceptors (Lipinski definition) is 7. The monoisotopic (exact) mass is 537 g/mol. The van der Waals surface area contributed by atoms with E-state index in [0.29, 0.717) is 30.2 Å². The van der Waals surface area contributed by atoms with Crippen LogP contribution in [0.25, 0.3) is 10.9 Å². The van der Waals surface area contributed by atoms with Gasteiger partial charge in [-0.25, -0.2) is 0 Å². The van der Waals surface area contributed by atoms with E-state index >= 15 is 0 Å². The number of thiophene rings is 1. The highest BCUT2D eigenvalue weighted by Crippen LogP contribution is 2.36. The number of piperidine rings is 1. The number of nitrogens with two attached hydrogens (primary N) is 1. The minimum atomic E-state index is -0.765. The molecule has 0 amide bonds. The molecule has 2 aromatic heterocycles. The number of carbonyl (C=O) groups is 1. The summed E-state index contributed by atoms with van der Waals surface area (Å²) in [5, 5.41) is 11.1. The summed E-state index contributed by atoms with van der Waals surface area (Å²) in [7, 11) is 1.61. The summed E-state index contributed by atoms with van der Waals surface area (Å²) in [6.45, 7) is 2.14. The van der Waals surface area contributed by atoms with Crippen LogP contribution in [0.1, 0.15) is 30.9 Å². The Bertz CT molecular complexity index is 1180. The van der Waals surface area contributed by atoms with Crippen LogP contribution in [-0.2, 0) is 4.79 Å². The van der Waals surface area contributed by atoms with E-state index in [1.807, 2.05) is 18.2 Å². The van der Waals surface area contributed by atoms with E-state index in [9.17, 15) is 14.3 Å². The van der Waals surface area contributed by atoms with Crippen molar-refractivity contribution in [3.8, 4) is 5.75 Å². The number of rotatable bonds is 10. The predicted octanol–water partition coefficient (Wildman–Crippen LogP) is 5.69. The van der Waals surface area contributed by atoms with Gasteiger partial charge in [0, 0.05) is 36.5 Å². The van der Waals surface area contributed by atoms with Gasteiger partial charge in [0.15, 0.2) is 5.13 Å². The normalized spacial score (nSPS) is 19.7. The van der Waals surface area contributed by atoms with Gasteiger partial charge in [-0.3, -0.25) is 9.78 Å². The second-order valence-electron chi connectivity index (χ2n) is 8.79. The highest BCUT2D eigenvalue weighted by Gasteiger charge is 2.34. The minimum Gasteiger partial charge on any atom is -0.497 e. The van der Waals surface area contributed by atoms with Crippen LogP contribution < -0.4 is 10.5 Å². The number of thioether (sulfide) groups is 1. The number of ether oxygens (including phenoxy) is 1. The second-order valence-corrected chi connectivity index (χ2v) is 11.6. The third-order valence-corrected chi connectivity index (χ3v) is 9.03. The third-order valence-electron chi connectivity index (χ3n) is 6.65. The summed E-state index contributed by atoms with van der Waals surface area (Å²) in [5.41, 5.74) is 8.22. The summed E-state index contributed by atoms with van der Waals surface area (Å²) in [6, 6.07) is 8.54. The number of aliphatic carboxylic acids is 1. The molecule has 0 radical (unpaired) electrons. The first kappa shape index (κ1) is 26.2. The van der Waals surface area contributed by atoms with Crippen LogP contribution in [0.4, 0.5) is 4.39 Å². The zero-order valence-electron chi connectivity index (χ0n) is 19.5. The number of carboxylic acid groups (broad SMARTS) is 1. The molecule has 6 nitrogen and oxygen atoms in total. The van der Waals surface area contributed by atoms with E-state index in [0.717, 1.165) is 57.3 Å². The molecular formula is C25H29ClFN3O3S2. The van der Waals surface area contributed by atoms with Crippen molar-refractivity contribution in [1.29, 1.82) is 0 Å². The van der Waals surface area contributed by atoms with Crippen molar-refractivity contribution in [1.82, 2.24) is 9.88 Å². The topological polar surface area (TPSA) is 88.7 Å². The molecule has 3 N–H and O–H groups in total. The molecular weight excluding hydrogens is 509 g/mol. The number of nitrogens with zero attached hydrogens (tertiary/aromatic N) is 2. The van der Waals surface area contributed by atoms with E-state index in [2.05, 4.69) is 9.88 Å². The van der Waals surface area contributed by atoms with E-state index in [1.165, 1.54) is 6.07 Å². The van der Waals surface area contributed by atoms with Crippen LogP contribution >= 0.6 is 34.7 Å². The molecule has 0 bridgehead atoms. The predicted molar refractivity (Wildman–Crippen MR) is 140 cm³/mol. The molecule has 188 valence electrons. The van der Waals surface area contributed by atoms with E-state index in [1.54, 1.807) is 31.1 Å². The van der Waals surface area contributed by atoms with E-state index in [4.69, 9.17) is 22.1 Å². The molecule has 3 atom stereocenters. The molecule has 0 saturated carbocycles. The molecule has 1 aliphatic heterocycles. The first-order valence-corrected chi connectivity index (χ1v) is 13.7. The number of likely N-dealkylation sites (tertiary alicyclic amines) is 1. The fraction of sp³-hybridized carbons (Fsp3) is 0.440. The lowest BCUT2D eigenvalue weighted by molar-refractivity contribution is -0.146. The number of carboxylic acids is 1. The molecule has 1 fully saturated rings. The molecule has 10 heteroatoms. The number of halogens is 2. The van der Waals surface area contributed by atoms with Gasteiger partial charge in [-0.05, 0) is 67.6 Å². The fourth-order valence-electron chi connectivity index (χ4n) is 4.76. The maximum absolute atomic E-state index is 13.2. The highest BCUT2D eigenvalue weighted by molar-refractivity contribution is 8.01. The Morgan fingerprint density at radius 2 is 2.26 bits per heavy atom. The zero-order chi connectivity index (χ0) is 24.9. The van der Waals surface area contributed by atoms with Crippen LogP contribution in [0.15, 0.2) is 40.7 Å². The summed E-state index contributed by atoms with van der Waals surface area (Å²) >= 11 is 9.25. The molecule has 1 aromatic carbocycles. The molecule has 3 unspecified atom stereocenters. The Balaban J connectivity index is 1.37. The average molecular weight is 538 g/mol. The van der Waals surface area contributed by atoms with E-state index in [-0.39, 0.29) is 17.1 Å². The molecule has 1 aliphatic rings. The Morgan fingerprint density at radius 1 is 1.43 bits per heavy atom. The Labute approximate surface area is 217 Å². The quantitative estimate of drug-likeness (QED) is 0.321. The lowest BCUT2D eigenvalue weighted by atomic mass is 9.81. The molecule has 3 heterocycles. The smallest absolute Gasteiger partial charge is 0.308 e. The van der Waals surface area contributed by atoms with Crippen LogP contribution in [-0.4, -0.2) is 53.5 Å². The number of methoxy groups -OCH3 is 1. The molecule has 35 heavy (non-hydrogen) atoms. The average Bonchev–Trinajstić information content (AvgIpc) is 3.27. The van der Waals surface area contributed by atoms with Crippen molar-refractivity contribution in [2.75, 3.05) is 32.5 Å². The molecule has 1 saturated heterocycles. The van der Waals surface area contributed by atoms with Crippen molar-refractivity contribution in [2.24, 2.45) is 17.6 Å². The van der Waals surface area contributed by atoms with Gasteiger partial charge >= 0.3 is 5.97 Å². The van der Waals surface area contributed by atoms with E-state index < -0.39 is 11.9 Å². The van der Waals surface area contributed by atoms with Crippen molar-refractivity contribution in [3.63, 3.8) is 0 Å². The van der Waals surface area contributed by atoms with Crippen molar-refractivity contribution >= 4 is 51.6 Å². The van der Waals surface area contributed by atoms with Gasteiger partial charge in [-0.2, -0.15) is 4.39 Å². The molecule has 4 rings (SSSR count). The van der Waals surface area contributed by atoms with Gasteiger partial charge in [0.05, 0.1) is 27.8 Å². The molecule has 0 aliphatic carbocycles. The third kappa shape index (κ3) is 6.46. The van der Waals surface area contributed by atoms with Crippen LogP contribution in [0, 0.1) is 17.0 Å². The maximum Gasteiger partial charge on any atom is 0.308 e. The number of aromatic nitrogens is 1. The SMILES string of the molecule is COc1ccc2ncc(Cl)c(C(N)CCC3CCN(CCSc4ccc(F)s4)CC3C(=O)O)c2c1.